The second-order valence-electron chi connectivity index (χ2n) is 7.84. The summed E-state index contributed by atoms with van der Waals surface area (Å²) in [7, 11) is 0. The second kappa shape index (κ2) is 8.00. The van der Waals surface area contributed by atoms with E-state index in [2.05, 4.69) is 10.5 Å². The quantitative estimate of drug-likeness (QED) is 0.382. The van der Waals surface area contributed by atoms with Gasteiger partial charge in [-0.05, 0) is 12.0 Å². The number of para-hydroxylation sites is 1. The van der Waals surface area contributed by atoms with E-state index in [9.17, 15) is 34.8 Å². The Bertz CT molecular complexity index is 992. The van der Waals surface area contributed by atoms with Gasteiger partial charge in [0.25, 0.3) is 0 Å². The summed E-state index contributed by atoms with van der Waals surface area (Å²) in [4.78, 5) is 45.7. The highest BCUT2D eigenvalue weighted by molar-refractivity contribution is 5.91. The van der Waals surface area contributed by atoms with Gasteiger partial charge in [-0.1, -0.05) is 32.0 Å². The van der Waals surface area contributed by atoms with E-state index in [1.54, 1.807) is 48.9 Å². The summed E-state index contributed by atoms with van der Waals surface area (Å²) in [6.45, 7) is 3.57. The molecule has 0 radical (unpaired) electrons. The molecule has 0 aliphatic carbocycles. The molecule has 1 aliphatic rings. The fraction of sp³-hybridized carbons (Fsp3) is 0.400. The number of nitrogens with one attached hydrogen (secondary N) is 1. The van der Waals surface area contributed by atoms with Gasteiger partial charge in [0.15, 0.2) is 11.4 Å². The third-order valence-electron chi connectivity index (χ3n) is 5.58. The maximum Gasteiger partial charge on any atom is 0.337 e. The first kappa shape index (κ1) is 22.2. The first-order valence-corrected chi connectivity index (χ1v) is 9.47. The Kier molecular flexibility index (Phi) is 5.74. The molecule has 2 aromatic rings. The van der Waals surface area contributed by atoms with Crippen molar-refractivity contribution < 1.29 is 39.6 Å². The monoisotopic (exact) mass is 433 g/mol. The maximum absolute atomic E-state index is 12.6. The highest BCUT2D eigenvalue weighted by Crippen LogP contribution is 2.53. The molecular formula is C20H23N3O8. The Morgan fingerprint density at radius 1 is 1.23 bits per heavy atom. The molecule has 4 atom stereocenters. The lowest BCUT2D eigenvalue weighted by atomic mass is 9.63. The van der Waals surface area contributed by atoms with Crippen LogP contribution in [-0.4, -0.2) is 53.5 Å². The van der Waals surface area contributed by atoms with Gasteiger partial charge in [0, 0.05) is 18.0 Å². The molecule has 0 amide bonds. The summed E-state index contributed by atoms with van der Waals surface area (Å²) >= 11 is 0. The van der Waals surface area contributed by atoms with Crippen molar-refractivity contribution in [1.82, 2.24) is 15.0 Å². The lowest BCUT2D eigenvalue weighted by Gasteiger charge is -2.47. The Labute approximate surface area is 176 Å². The van der Waals surface area contributed by atoms with Crippen LogP contribution in [-0.2, 0) is 19.9 Å². The van der Waals surface area contributed by atoms with Gasteiger partial charge in [-0.2, -0.15) is 0 Å². The van der Waals surface area contributed by atoms with E-state index >= 15 is 0 Å². The largest absolute Gasteiger partial charge is 0.481 e. The number of aromatic nitrogens is 2. The molecule has 3 rings (SSSR count). The minimum absolute atomic E-state index is 0.238. The fourth-order valence-electron chi connectivity index (χ4n) is 4.54. The van der Waals surface area contributed by atoms with E-state index in [1.165, 1.54) is 12.5 Å². The van der Waals surface area contributed by atoms with E-state index in [4.69, 9.17) is 4.84 Å². The molecule has 1 aliphatic heterocycles. The molecule has 31 heavy (non-hydrogen) atoms. The molecule has 166 valence electrons. The topological polar surface area (TPSA) is 171 Å². The number of carbonyl (C=O) groups is 3. The van der Waals surface area contributed by atoms with Gasteiger partial charge in [0.2, 0.25) is 0 Å². The Hall–Kier alpha value is -3.44. The van der Waals surface area contributed by atoms with Gasteiger partial charge in [-0.3, -0.25) is 9.59 Å². The van der Waals surface area contributed by atoms with Crippen molar-refractivity contribution >= 4 is 17.9 Å². The number of hydrogen-bond donors (Lipinski definition) is 5. The van der Waals surface area contributed by atoms with Crippen LogP contribution in [0.2, 0.25) is 0 Å². The number of hydroxylamine groups is 1. The molecule has 4 unspecified atom stereocenters. The third kappa shape index (κ3) is 3.51. The molecule has 11 nitrogen and oxygen atoms in total. The minimum Gasteiger partial charge on any atom is -0.481 e. The van der Waals surface area contributed by atoms with Gasteiger partial charge in [0.1, 0.15) is 11.5 Å². The molecular weight excluding hydrogens is 410 g/mol. The smallest absolute Gasteiger partial charge is 0.337 e. The summed E-state index contributed by atoms with van der Waals surface area (Å²) in [5.74, 6) is -7.59. The number of fused-ring (bicyclic) bond motifs is 1. The Morgan fingerprint density at radius 2 is 1.90 bits per heavy atom. The lowest BCUT2D eigenvalue weighted by molar-refractivity contribution is -0.191. The van der Waals surface area contributed by atoms with Crippen molar-refractivity contribution in [2.45, 2.75) is 37.5 Å². The van der Waals surface area contributed by atoms with Gasteiger partial charge >= 0.3 is 17.9 Å². The summed E-state index contributed by atoms with van der Waals surface area (Å²) in [6.07, 6.45) is 3.15. The molecule has 2 heterocycles. The van der Waals surface area contributed by atoms with Crippen LogP contribution in [0.5, 0.6) is 5.75 Å². The number of imidazole rings is 1. The van der Waals surface area contributed by atoms with Gasteiger partial charge < -0.3 is 29.8 Å². The number of benzene rings is 1. The Balaban J connectivity index is 2.39. The van der Waals surface area contributed by atoms with Crippen molar-refractivity contribution in [3.8, 4) is 5.75 Å². The summed E-state index contributed by atoms with van der Waals surface area (Å²) in [5.41, 5.74) is -2.08. The maximum atomic E-state index is 12.6. The zero-order chi connectivity index (χ0) is 23.0. The number of aliphatic hydroxyl groups is 1. The highest BCUT2D eigenvalue weighted by atomic mass is 16.7. The van der Waals surface area contributed by atoms with Crippen LogP contribution >= 0.6 is 0 Å². The van der Waals surface area contributed by atoms with Crippen LogP contribution in [0, 0.1) is 11.8 Å². The summed E-state index contributed by atoms with van der Waals surface area (Å²) in [6, 6.07) is 5.55. The SMILES string of the molecule is CC(C)C(n1ccnc1)C1(C(C(=O)O)C(O)(CC(=O)O)C(=O)O)NOc2ccccc21. The first-order chi connectivity index (χ1) is 14.6. The fourth-order valence-corrected chi connectivity index (χ4v) is 4.54. The average molecular weight is 433 g/mol. The first-order valence-electron chi connectivity index (χ1n) is 9.47. The van der Waals surface area contributed by atoms with E-state index in [1.807, 2.05) is 0 Å². The van der Waals surface area contributed by atoms with Crippen LogP contribution in [0.25, 0.3) is 0 Å². The molecule has 0 saturated carbocycles. The number of hydrogen-bond acceptors (Lipinski definition) is 7. The van der Waals surface area contributed by atoms with E-state index < -0.39 is 47.4 Å². The predicted molar refractivity (Wildman–Crippen MR) is 104 cm³/mol. The molecule has 0 bridgehead atoms. The predicted octanol–water partition coefficient (Wildman–Crippen LogP) is 0.864. The number of carboxylic acid groups (broad SMARTS) is 3. The molecule has 11 heteroatoms. The van der Waals surface area contributed by atoms with Crippen LogP contribution in [0.15, 0.2) is 43.0 Å². The molecule has 5 N–H and O–H groups in total. The second-order valence-corrected chi connectivity index (χ2v) is 7.84. The van der Waals surface area contributed by atoms with E-state index in [-0.39, 0.29) is 17.2 Å². The Morgan fingerprint density at radius 3 is 2.42 bits per heavy atom. The van der Waals surface area contributed by atoms with Crippen LogP contribution in [0.3, 0.4) is 0 Å². The van der Waals surface area contributed by atoms with Crippen molar-refractivity contribution in [2.24, 2.45) is 11.8 Å². The molecule has 0 saturated heterocycles. The lowest BCUT2D eigenvalue weighted by Crippen LogP contribution is -2.65. The van der Waals surface area contributed by atoms with Crippen molar-refractivity contribution in [1.29, 1.82) is 0 Å². The summed E-state index contributed by atoms with van der Waals surface area (Å²) < 4.78 is 1.59. The van der Waals surface area contributed by atoms with Crippen molar-refractivity contribution in [3.63, 3.8) is 0 Å². The van der Waals surface area contributed by atoms with Crippen LogP contribution in [0.1, 0.15) is 31.9 Å². The van der Waals surface area contributed by atoms with Gasteiger partial charge in [0.05, 0.1) is 18.8 Å². The van der Waals surface area contributed by atoms with Gasteiger partial charge in [-0.15, -0.1) is 5.48 Å². The van der Waals surface area contributed by atoms with E-state index in [0.717, 1.165) is 0 Å². The normalized spacial score (nSPS) is 21.5. The van der Waals surface area contributed by atoms with Crippen molar-refractivity contribution in [2.75, 3.05) is 0 Å². The summed E-state index contributed by atoms with van der Waals surface area (Å²) in [5, 5.41) is 40.4. The molecule has 0 fully saturated rings. The highest BCUT2D eigenvalue weighted by Gasteiger charge is 2.66. The zero-order valence-electron chi connectivity index (χ0n) is 16.8. The standard InChI is InChI=1S/C20H23N3O8/c1-11(2)16(23-8-7-21-10-23)20(12-5-3-4-6-13(12)31-22-20)15(17(26)27)19(30,18(28)29)9-14(24)25/h3-8,10-11,15-16,22,30H,9H2,1-2H3,(H,24,25)(H,26,27)(H,28,29). The van der Waals surface area contributed by atoms with Crippen molar-refractivity contribution in [3.05, 3.63) is 48.5 Å². The molecule has 0 spiro atoms. The average Bonchev–Trinajstić information content (AvgIpc) is 3.30. The minimum atomic E-state index is -3.17. The third-order valence-corrected chi connectivity index (χ3v) is 5.58. The van der Waals surface area contributed by atoms with Crippen LogP contribution in [0.4, 0.5) is 0 Å². The molecule has 1 aromatic carbocycles. The number of aliphatic carboxylic acids is 3. The zero-order valence-corrected chi connectivity index (χ0v) is 16.8. The van der Waals surface area contributed by atoms with E-state index in [0.29, 0.717) is 0 Å². The van der Waals surface area contributed by atoms with Gasteiger partial charge in [-0.25, -0.2) is 9.78 Å². The number of carboxylic acids is 3. The molecule has 1 aromatic heterocycles. The number of rotatable bonds is 9. The number of nitrogens with zero attached hydrogens (tertiary/aromatic N) is 2. The van der Waals surface area contributed by atoms with Crippen LogP contribution < -0.4 is 10.3 Å².